The quantitative estimate of drug-likeness (QED) is 0.715. The summed E-state index contributed by atoms with van der Waals surface area (Å²) in [6, 6.07) is 8.21. The van der Waals surface area contributed by atoms with Crippen molar-refractivity contribution in [3.05, 3.63) is 24.3 Å². The van der Waals surface area contributed by atoms with Crippen LogP contribution in [0, 0.1) is 0 Å². The monoisotopic (exact) mass is 294 g/mol. The van der Waals surface area contributed by atoms with Gasteiger partial charge in [0.1, 0.15) is 6.61 Å². The highest BCUT2D eigenvalue weighted by Gasteiger charge is 2.17. The number of hydrogen-bond acceptors (Lipinski definition) is 5. The van der Waals surface area contributed by atoms with E-state index in [4.69, 9.17) is 9.47 Å². The number of rotatable bonds is 9. The van der Waals surface area contributed by atoms with Gasteiger partial charge in [-0.1, -0.05) is 12.1 Å². The van der Waals surface area contributed by atoms with Crippen LogP contribution < -0.4 is 14.8 Å². The van der Waals surface area contributed by atoms with Crippen molar-refractivity contribution in [2.75, 3.05) is 46.5 Å². The van der Waals surface area contributed by atoms with Crippen LogP contribution in [0.25, 0.3) is 0 Å². The Balaban J connectivity index is 1.78. The van der Waals surface area contributed by atoms with E-state index in [0.717, 1.165) is 31.1 Å². The van der Waals surface area contributed by atoms with Gasteiger partial charge in [0, 0.05) is 25.7 Å². The summed E-state index contributed by atoms with van der Waals surface area (Å²) in [6.45, 7) is 4.34. The molecule has 1 fully saturated rings. The van der Waals surface area contributed by atoms with Crippen LogP contribution in [0.3, 0.4) is 0 Å². The highest BCUT2D eigenvalue weighted by atomic mass is 16.5. The molecule has 0 saturated carbocycles. The number of methoxy groups -OCH3 is 1. The van der Waals surface area contributed by atoms with Gasteiger partial charge < -0.3 is 19.9 Å². The van der Waals surface area contributed by atoms with Crippen LogP contribution in [0.4, 0.5) is 0 Å². The zero-order valence-corrected chi connectivity index (χ0v) is 12.8. The third kappa shape index (κ3) is 5.19. The van der Waals surface area contributed by atoms with Crippen molar-refractivity contribution in [2.45, 2.75) is 18.9 Å². The molecule has 1 saturated heterocycles. The predicted molar refractivity (Wildman–Crippen MR) is 83.0 cm³/mol. The molecule has 1 unspecified atom stereocenters. The fraction of sp³-hybridized carbons (Fsp3) is 0.625. The van der Waals surface area contributed by atoms with Gasteiger partial charge in [0.25, 0.3) is 0 Å². The van der Waals surface area contributed by atoms with E-state index in [9.17, 15) is 5.11 Å². The van der Waals surface area contributed by atoms with E-state index in [-0.39, 0.29) is 6.61 Å². The fourth-order valence-corrected chi connectivity index (χ4v) is 2.68. The summed E-state index contributed by atoms with van der Waals surface area (Å²) in [5.41, 5.74) is 0. The van der Waals surface area contributed by atoms with Crippen LogP contribution in [0.15, 0.2) is 24.3 Å². The molecule has 118 valence electrons. The fourth-order valence-electron chi connectivity index (χ4n) is 2.68. The van der Waals surface area contributed by atoms with Gasteiger partial charge in [0.2, 0.25) is 0 Å². The Morgan fingerprint density at radius 1 is 1.29 bits per heavy atom. The molecule has 5 heteroatoms. The second kappa shape index (κ2) is 8.87. The SMILES string of the molecule is COc1ccccc1OCCN(CCO)CC1CCCN1. The maximum Gasteiger partial charge on any atom is 0.161 e. The van der Waals surface area contributed by atoms with E-state index in [2.05, 4.69) is 10.2 Å². The van der Waals surface area contributed by atoms with E-state index in [1.54, 1.807) is 7.11 Å². The molecule has 0 amide bonds. The number of aliphatic hydroxyl groups excluding tert-OH is 1. The number of aliphatic hydroxyl groups is 1. The van der Waals surface area contributed by atoms with Crippen molar-refractivity contribution in [1.82, 2.24) is 10.2 Å². The second-order valence-corrected chi connectivity index (χ2v) is 5.32. The summed E-state index contributed by atoms with van der Waals surface area (Å²) in [6.07, 6.45) is 2.46. The lowest BCUT2D eigenvalue weighted by Crippen LogP contribution is -2.40. The Morgan fingerprint density at radius 2 is 2.10 bits per heavy atom. The van der Waals surface area contributed by atoms with Crippen LogP contribution >= 0.6 is 0 Å². The zero-order chi connectivity index (χ0) is 14.9. The molecule has 1 aromatic carbocycles. The molecule has 2 N–H and O–H groups in total. The lowest BCUT2D eigenvalue weighted by molar-refractivity contribution is 0.158. The molecule has 1 aromatic rings. The van der Waals surface area contributed by atoms with Crippen LogP contribution in [0.1, 0.15) is 12.8 Å². The molecule has 1 atom stereocenters. The van der Waals surface area contributed by atoms with E-state index >= 15 is 0 Å². The number of ether oxygens (including phenoxy) is 2. The molecule has 0 aromatic heterocycles. The Morgan fingerprint density at radius 3 is 2.76 bits per heavy atom. The maximum absolute atomic E-state index is 9.19. The Labute approximate surface area is 126 Å². The molecular weight excluding hydrogens is 268 g/mol. The molecule has 2 rings (SSSR count). The van der Waals surface area contributed by atoms with Crippen molar-refractivity contribution in [3.63, 3.8) is 0 Å². The third-order valence-electron chi connectivity index (χ3n) is 3.79. The van der Waals surface area contributed by atoms with Crippen molar-refractivity contribution in [2.24, 2.45) is 0 Å². The van der Waals surface area contributed by atoms with Crippen LogP contribution in [0.5, 0.6) is 11.5 Å². The summed E-state index contributed by atoms with van der Waals surface area (Å²) in [7, 11) is 1.64. The van der Waals surface area contributed by atoms with Gasteiger partial charge in [-0.25, -0.2) is 0 Å². The summed E-state index contributed by atoms with van der Waals surface area (Å²) >= 11 is 0. The van der Waals surface area contributed by atoms with Crippen molar-refractivity contribution in [3.8, 4) is 11.5 Å². The average molecular weight is 294 g/mol. The minimum absolute atomic E-state index is 0.182. The largest absolute Gasteiger partial charge is 0.493 e. The molecule has 1 aliphatic rings. The normalized spacial score (nSPS) is 18.1. The van der Waals surface area contributed by atoms with Gasteiger partial charge in [0.15, 0.2) is 11.5 Å². The molecule has 0 aliphatic carbocycles. The van der Waals surface area contributed by atoms with Crippen LogP contribution in [-0.4, -0.2) is 62.6 Å². The van der Waals surface area contributed by atoms with Gasteiger partial charge in [0.05, 0.1) is 13.7 Å². The molecule has 5 nitrogen and oxygen atoms in total. The molecular formula is C16H26N2O3. The lowest BCUT2D eigenvalue weighted by Gasteiger charge is -2.25. The first-order valence-electron chi connectivity index (χ1n) is 7.66. The number of benzene rings is 1. The minimum atomic E-state index is 0.182. The Kier molecular flexibility index (Phi) is 6.79. The van der Waals surface area contributed by atoms with Crippen LogP contribution in [0.2, 0.25) is 0 Å². The number of para-hydroxylation sites is 2. The van der Waals surface area contributed by atoms with Gasteiger partial charge in [-0.3, -0.25) is 4.90 Å². The highest BCUT2D eigenvalue weighted by molar-refractivity contribution is 5.39. The first-order chi connectivity index (χ1) is 10.3. The second-order valence-electron chi connectivity index (χ2n) is 5.32. The van der Waals surface area contributed by atoms with Crippen molar-refractivity contribution >= 4 is 0 Å². The molecule has 1 aliphatic heterocycles. The summed E-state index contributed by atoms with van der Waals surface area (Å²) < 4.78 is 11.1. The molecule has 0 radical (unpaired) electrons. The lowest BCUT2D eigenvalue weighted by atomic mass is 10.2. The van der Waals surface area contributed by atoms with Gasteiger partial charge in [-0.05, 0) is 31.5 Å². The topological polar surface area (TPSA) is 54.0 Å². The summed E-state index contributed by atoms with van der Waals surface area (Å²) in [5.74, 6) is 1.52. The predicted octanol–water partition coefficient (Wildman–Crippen LogP) is 1.12. The van der Waals surface area contributed by atoms with E-state index in [1.807, 2.05) is 24.3 Å². The average Bonchev–Trinajstić information content (AvgIpc) is 3.01. The Bertz CT molecular complexity index is 408. The van der Waals surface area contributed by atoms with E-state index < -0.39 is 0 Å². The van der Waals surface area contributed by atoms with Gasteiger partial charge in [-0.15, -0.1) is 0 Å². The number of nitrogens with one attached hydrogen (secondary N) is 1. The minimum Gasteiger partial charge on any atom is -0.493 e. The Hall–Kier alpha value is -1.30. The number of hydrogen-bond donors (Lipinski definition) is 2. The van der Waals surface area contributed by atoms with E-state index in [0.29, 0.717) is 19.2 Å². The van der Waals surface area contributed by atoms with Crippen LogP contribution in [-0.2, 0) is 0 Å². The zero-order valence-electron chi connectivity index (χ0n) is 12.8. The molecule has 0 bridgehead atoms. The molecule has 21 heavy (non-hydrogen) atoms. The highest BCUT2D eigenvalue weighted by Crippen LogP contribution is 2.25. The first-order valence-corrected chi connectivity index (χ1v) is 7.66. The van der Waals surface area contributed by atoms with Gasteiger partial charge >= 0.3 is 0 Å². The number of nitrogens with zero attached hydrogens (tertiary/aromatic N) is 1. The van der Waals surface area contributed by atoms with E-state index in [1.165, 1.54) is 12.8 Å². The third-order valence-corrected chi connectivity index (χ3v) is 3.79. The summed E-state index contributed by atoms with van der Waals surface area (Å²) in [4.78, 5) is 2.25. The maximum atomic E-state index is 9.19. The molecule has 0 spiro atoms. The summed E-state index contributed by atoms with van der Waals surface area (Å²) in [5, 5.41) is 12.7. The first kappa shape index (κ1) is 16.1. The molecule has 1 heterocycles. The van der Waals surface area contributed by atoms with Crippen molar-refractivity contribution < 1.29 is 14.6 Å². The van der Waals surface area contributed by atoms with Gasteiger partial charge in [-0.2, -0.15) is 0 Å². The van der Waals surface area contributed by atoms with Crippen molar-refractivity contribution in [1.29, 1.82) is 0 Å². The smallest absolute Gasteiger partial charge is 0.161 e. The standard InChI is InChI=1S/C16H26N2O3/c1-20-15-6-2-3-7-16(15)21-12-10-18(9-11-19)13-14-5-4-8-17-14/h2-3,6-7,14,17,19H,4-5,8-13H2,1H3.